The first-order valence-corrected chi connectivity index (χ1v) is 20.8. The Hall–Kier alpha value is -3.30. The Balaban J connectivity index is 1.46. The first-order valence-electron chi connectivity index (χ1n) is 18.8. The minimum atomic E-state index is -1.62. The van der Waals surface area contributed by atoms with Crippen molar-refractivity contribution in [3.8, 4) is 0 Å². The second-order valence-electron chi connectivity index (χ2n) is 16.1. The van der Waals surface area contributed by atoms with Gasteiger partial charge in [0.05, 0.1) is 22.7 Å². The third-order valence-electron chi connectivity index (χ3n) is 9.34. The highest BCUT2D eigenvalue weighted by atomic mass is 32.2. The molecule has 5 atom stereocenters. The Kier molecular flexibility index (Phi) is 15.3. The lowest BCUT2D eigenvalue weighted by Crippen LogP contribution is -2.60. The number of hydrogen-bond acceptors (Lipinski definition) is 10. The molecule has 0 saturated carbocycles. The quantitative estimate of drug-likeness (QED) is 0.150. The van der Waals surface area contributed by atoms with Crippen LogP contribution in [0, 0.1) is 5.41 Å². The van der Waals surface area contributed by atoms with Crippen molar-refractivity contribution in [3.05, 3.63) is 71.8 Å². The van der Waals surface area contributed by atoms with E-state index >= 15 is 0 Å². The molecule has 2 saturated heterocycles. The van der Waals surface area contributed by atoms with Crippen molar-refractivity contribution in [1.82, 2.24) is 26.2 Å². The Morgan fingerprint density at radius 2 is 1.48 bits per heavy atom. The smallest absolute Gasteiger partial charge is 0.408 e. The molecule has 12 nitrogen and oxygen atoms in total. The molecule has 2 heterocycles. The van der Waals surface area contributed by atoms with Crippen molar-refractivity contribution in [2.75, 3.05) is 24.6 Å². The van der Waals surface area contributed by atoms with Gasteiger partial charge in [0.25, 0.3) is 5.91 Å². The molecule has 4 unspecified atom stereocenters. The third-order valence-corrected chi connectivity index (χ3v) is 12.7. The zero-order chi connectivity index (χ0) is 39.7. The minimum Gasteiger partial charge on any atom is -0.444 e. The summed E-state index contributed by atoms with van der Waals surface area (Å²) in [5.41, 5.74) is 0.382. The van der Waals surface area contributed by atoms with Crippen molar-refractivity contribution in [2.45, 2.75) is 120 Å². The summed E-state index contributed by atoms with van der Waals surface area (Å²) in [6.07, 6.45) is -1.23. The molecule has 2 aromatic carbocycles. The van der Waals surface area contributed by atoms with E-state index in [9.17, 15) is 29.4 Å². The van der Waals surface area contributed by atoms with E-state index < -0.39 is 69.4 Å². The Labute approximate surface area is 328 Å². The summed E-state index contributed by atoms with van der Waals surface area (Å²) in [5.74, 6) is 0.190. The van der Waals surface area contributed by atoms with Crippen LogP contribution in [-0.2, 0) is 19.1 Å². The average Bonchev–Trinajstić information content (AvgIpc) is 3.49. The molecule has 0 radical (unpaired) electrons. The van der Waals surface area contributed by atoms with Crippen LogP contribution in [0.15, 0.2) is 60.7 Å². The fraction of sp³-hybridized carbons (Fsp3) is 0.600. The molecule has 4 rings (SSSR count). The van der Waals surface area contributed by atoms with Gasteiger partial charge in [-0.1, -0.05) is 94.8 Å². The number of aliphatic hydroxyl groups excluding tert-OH is 2. The molecule has 1 spiro atoms. The molecule has 0 aromatic heterocycles. The van der Waals surface area contributed by atoms with E-state index in [0.717, 1.165) is 29.1 Å². The van der Waals surface area contributed by atoms with Crippen molar-refractivity contribution in [2.24, 2.45) is 5.41 Å². The van der Waals surface area contributed by atoms with Crippen molar-refractivity contribution >= 4 is 47.3 Å². The number of aliphatic hydroxyl groups is 2. The second-order valence-corrected chi connectivity index (χ2v) is 19.3. The first-order chi connectivity index (χ1) is 25.4. The molecular formula is C40H59N5O7S2. The van der Waals surface area contributed by atoms with Crippen LogP contribution >= 0.6 is 23.5 Å². The van der Waals surface area contributed by atoms with Crippen LogP contribution in [0.25, 0.3) is 0 Å². The molecule has 4 amide bonds. The lowest BCUT2D eigenvalue weighted by molar-refractivity contribution is -0.143. The highest BCUT2D eigenvalue weighted by molar-refractivity contribution is 8.18. The summed E-state index contributed by atoms with van der Waals surface area (Å²) in [6.45, 7) is 12.8. The van der Waals surface area contributed by atoms with Crippen LogP contribution in [0.3, 0.4) is 0 Å². The Morgan fingerprint density at radius 1 is 0.907 bits per heavy atom. The molecular weight excluding hydrogens is 727 g/mol. The minimum absolute atomic E-state index is 0.195. The molecule has 6 N–H and O–H groups in total. The number of alkyl carbamates (subject to hydrolysis) is 1. The van der Waals surface area contributed by atoms with Gasteiger partial charge in [0.1, 0.15) is 23.9 Å². The third kappa shape index (κ3) is 12.1. The number of carbonyl (C=O) groups is 4. The van der Waals surface area contributed by atoms with Gasteiger partial charge in [-0.3, -0.25) is 19.7 Å². The number of rotatable bonds is 14. The summed E-state index contributed by atoms with van der Waals surface area (Å²) in [4.78, 5) is 56.4. The van der Waals surface area contributed by atoms with Gasteiger partial charge in [-0.25, -0.2) is 4.79 Å². The summed E-state index contributed by atoms with van der Waals surface area (Å²) in [6, 6.07) is 16.1. The molecule has 0 aliphatic carbocycles. The summed E-state index contributed by atoms with van der Waals surface area (Å²) < 4.78 is 5.09. The number of benzene rings is 2. The van der Waals surface area contributed by atoms with E-state index in [0.29, 0.717) is 25.8 Å². The van der Waals surface area contributed by atoms with Gasteiger partial charge < -0.3 is 35.8 Å². The van der Waals surface area contributed by atoms with Crippen LogP contribution in [0.4, 0.5) is 4.79 Å². The fourth-order valence-electron chi connectivity index (χ4n) is 6.68. The Bertz CT molecular complexity index is 1510. The monoisotopic (exact) mass is 785 g/mol. The molecule has 0 bridgehead atoms. The number of amides is 4. The number of nitrogens with zero attached hydrogens (tertiary/aromatic N) is 1. The number of ether oxygens (including phenoxy) is 1. The predicted octanol–water partition coefficient (Wildman–Crippen LogP) is 4.55. The summed E-state index contributed by atoms with van der Waals surface area (Å²) in [7, 11) is 0. The number of thioether (sulfide) groups is 2. The highest BCUT2D eigenvalue weighted by Gasteiger charge is 2.53. The van der Waals surface area contributed by atoms with E-state index in [1.807, 2.05) is 88.4 Å². The number of nitrogens with one attached hydrogen (secondary N) is 4. The van der Waals surface area contributed by atoms with Gasteiger partial charge in [-0.15, -0.1) is 23.5 Å². The number of likely N-dealkylation sites (tertiary alicyclic amines) is 1. The van der Waals surface area contributed by atoms with Crippen LogP contribution < -0.4 is 21.3 Å². The van der Waals surface area contributed by atoms with Crippen molar-refractivity contribution in [1.29, 1.82) is 0 Å². The molecule has 2 aliphatic rings. The highest BCUT2D eigenvalue weighted by Crippen LogP contribution is 2.50. The maximum Gasteiger partial charge on any atom is 0.408 e. The summed E-state index contributed by atoms with van der Waals surface area (Å²) >= 11 is 3.48. The number of carbonyl (C=O) groups excluding carboxylic acids is 4. The van der Waals surface area contributed by atoms with Gasteiger partial charge in [0.2, 0.25) is 11.8 Å². The second kappa shape index (κ2) is 19.0. The number of hydrogen-bond donors (Lipinski definition) is 6. The normalized spacial score (nSPS) is 19.4. The van der Waals surface area contributed by atoms with E-state index in [1.54, 1.807) is 49.2 Å². The van der Waals surface area contributed by atoms with Crippen LogP contribution in [0.1, 0.15) is 91.3 Å². The van der Waals surface area contributed by atoms with E-state index in [4.69, 9.17) is 4.74 Å². The van der Waals surface area contributed by atoms with E-state index in [-0.39, 0.29) is 12.6 Å². The lowest BCUT2D eigenvalue weighted by atomic mass is 9.85. The SMILES string of the molecule is CCCC(NC(=O)C1CC2(CN1C(=O)C(NC(=O)OC(C)(C)C)C(C)(C)C)SCCCS2)C(O)C(=O)NC[C@@H](O)NC(c1ccccc1)c1ccccc1. The van der Waals surface area contributed by atoms with E-state index in [2.05, 4.69) is 21.3 Å². The lowest BCUT2D eigenvalue weighted by Gasteiger charge is -2.36. The van der Waals surface area contributed by atoms with E-state index in [1.165, 1.54) is 0 Å². The Morgan fingerprint density at radius 3 is 2.00 bits per heavy atom. The fourth-order valence-corrected chi connectivity index (χ4v) is 10.0. The average molecular weight is 786 g/mol. The largest absolute Gasteiger partial charge is 0.444 e. The van der Waals surface area contributed by atoms with Gasteiger partial charge in [0, 0.05) is 13.0 Å². The van der Waals surface area contributed by atoms with Crippen molar-refractivity contribution < 1.29 is 34.1 Å². The molecule has 298 valence electrons. The topological polar surface area (TPSA) is 169 Å². The maximum absolute atomic E-state index is 14.4. The van der Waals surface area contributed by atoms with Crippen molar-refractivity contribution in [3.63, 3.8) is 0 Å². The summed E-state index contributed by atoms with van der Waals surface area (Å²) in [5, 5.41) is 33.7. The first kappa shape index (κ1) is 43.4. The zero-order valence-electron chi connectivity index (χ0n) is 32.6. The van der Waals surface area contributed by atoms with Gasteiger partial charge >= 0.3 is 6.09 Å². The van der Waals surface area contributed by atoms with Crippen LogP contribution in [-0.4, -0.2) is 104 Å². The molecule has 54 heavy (non-hydrogen) atoms. The van der Waals surface area contributed by atoms with Gasteiger partial charge in [-0.2, -0.15) is 0 Å². The van der Waals surface area contributed by atoms with Gasteiger partial charge in [-0.05, 0) is 61.7 Å². The maximum atomic E-state index is 14.4. The standard InChI is InChI=1S/C40H59N5O7S2/c1-8-16-28(32(47)35(49)41-24-30(46)43-31(26-17-11-9-12-18-26)27-19-13-10-14-20-27)42-34(48)29-23-40(53-21-15-22-54-40)25-45(29)36(50)33(38(2,3)4)44-37(51)52-39(5,6)7/h9-14,17-20,28-33,43,46-47H,8,15-16,21-25H2,1-7H3,(H,41,49)(H,42,48)(H,44,51)/t28?,29?,30-,32?,33?/m1/s1. The molecule has 2 aromatic rings. The molecule has 2 fully saturated rings. The van der Waals surface area contributed by atoms with Gasteiger partial charge in [0.15, 0.2) is 6.10 Å². The molecule has 2 aliphatic heterocycles. The predicted molar refractivity (Wildman–Crippen MR) is 215 cm³/mol. The molecule has 14 heteroatoms. The van der Waals surface area contributed by atoms with Crippen LogP contribution in [0.2, 0.25) is 0 Å². The van der Waals surface area contributed by atoms with Crippen LogP contribution in [0.5, 0.6) is 0 Å². The zero-order valence-corrected chi connectivity index (χ0v) is 34.2.